The Hall–Kier alpha value is -3.86. The van der Waals surface area contributed by atoms with Gasteiger partial charge in [-0.1, -0.05) is 30.3 Å². The maximum Gasteiger partial charge on any atom is 0.287 e. The lowest BCUT2D eigenvalue weighted by Gasteiger charge is -2.13. The second-order valence-corrected chi connectivity index (χ2v) is 9.01. The summed E-state index contributed by atoms with van der Waals surface area (Å²) in [7, 11) is 3.88. The molecule has 0 aliphatic heterocycles. The minimum atomic E-state index is -0.592. The van der Waals surface area contributed by atoms with Gasteiger partial charge in [0, 0.05) is 25.3 Å². The first-order valence-electron chi connectivity index (χ1n) is 11.1. The number of benzene rings is 3. The monoisotopic (exact) mass is 598 g/mol. The summed E-state index contributed by atoms with van der Waals surface area (Å²) in [6, 6.07) is 19.5. The highest BCUT2D eigenvalue weighted by Crippen LogP contribution is 2.32. The van der Waals surface area contributed by atoms with Gasteiger partial charge in [0.2, 0.25) is 0 Å². The molecule has 2 amide bonds. The minimum Gasteiger partial charge on any atom is -0.504 e. The van der Waals surface area contributed by atoms with E-state index in [0.29, 0.717) is 27.1 Å². The van der Waals surface area contributed by atoms with E-state index < -0.39 is 11.8 Å². The maximum absolute atomic E-state index is 13.0. The van der Waals surface area contributed by atoms with Gasteiger partial charge in [-0.15, -0.1) is 0 Å². The Kier molecular flexibility index (Phi) is 9.46. The average molecular weight is 598 g/mol. The quantitative estimate of drug-likeness (QED) is 0.147. The predicted molar refractivity (Wildman–Crippen MR) is 150 cm³/mol. The van der Waals surface area contributed by atoms with Gasteiger partial charge in [0.1, 0.15) is 5.70 Å². The van der Waals surface area contributed by atoms with Gasteiger partial charge in [0.05, 0.1) is 16.4 Å². The van der Waals surface area contributed by atoms with Crippen LogP contribution < -0.4 is 20.4 Å². The second kappa shape index (κ2) is 12.7. The molecule has 3 N–H and O–H groups in total. The van der Waals surface area contributed by atoms with Crippen LogP contribution in [0.4, 0.5) is 5.69 Å². The van der Waals surface area contributed by atoms with E-state index in [9.17, 15) is 14.7 Å². The molecule has 0 aliphatic rings. The van der Waals surface area contributed by atoms with Crippen LogP contribution in [0.3, 0.4) is 0 Å². The SMILES string of the molecule is CCOc1cc(/C=N\NC(=O)/C(=C/c2ccc(N(C)C)cc2)NC(=O)c2ccccc2)cc(I)c1O. The molecule has 3 aromatic carbocycles. The fraction of sp³-hybridized carbons (Fsp3) is 0.148. The van der Waals surface area contributed by atoms with Crippen molar-refractivity contribution in [2.45, 2.75) is 6.92 Å². The number of rotatable bonds is 9. The third kappa shape index (κ3) is 7.32. The smallest absolute Gasteiger partial charge is 0.287 e. The number of carbonyl (C=O) groups excluding carboxylic acids is 2. The number of hydrogen-bond donors (Lipinski definition) is 3. The normalized spacial score (nSPS) is 11.3. The van der Waals surface area contributed by atoms with Gasteiger partial charge in [0.15, 0.2) is 11.5 Å². The molecular weight excluding hydrogens is 571 g/mol. The van der Waals surface area contributed by atoms with E-state index in [-0.39, 0.29) is 11.4 Å². The van der Waals surface area contributed by atoms with E-state index in [1.54, 1.807) is 42.5 Å². The lowest BCUT2D eigenvalue weighted by Crippen LogP contribution is -2.32. The number of phenols is 1. The molecule has 0 spiro atoms. The standard InChI is InChI=1S/C27H27IN4O4/c1-4-36-24-16-19(14-22(28)25(24)33)17-29-31-27(35)23(30-26(34)20-8-6-5-7-9-20)15-18-10-12-21(13-11-18)32(2)3/h5-17,33H,4H2,1-3H3,(H,30,34)(H,31,35)/b23-15-,29-17-. The molecule has 3 aromatic rings. The molecular formula is C27H27IN4O4. The summed E-state index contributed by atoms with van der Waals surface area (Å²) in [6.45, 7) is 2.21. The van der Waals surface area contributed by atoms with Gasteiger partial charge in [-0.3, -0.25) is 9.59 Å². The summed E-state index contributed by atoms with van der Waals surface area (Å²) in [6.07, 6.45) is 3.02. The molecule has 186 valence electrons. The van der Waals surface area contributed by atoms with Crippen LogP contribution in [0.2, 0.25) is 0 Å². The summed E-state index contributed by atoms with van der Waals surface area (Å²) in [5.41, 5.74) is 5.28. The number of nitrogens with zero attached hydrogens (tertiary/aromatic N) is 2. The van der Waals surface area contributed by atoms with Crippen molar-refractivity contribution < 1.29 is 19.4 Å². The Morgan fingerprint density at radius 2 is 1.75 bits per heavy atom. The maximum atomic E-state index is 13.0. The zero-order valence-corrected chi connectivity index (χ0v) is 22.3. The Bertz CT molecular complexity index is 1270. The van der Waals surface area contributed by atoms with Gasteiger partial charge < -0.3 is 20.1 Å². The van der Waals surface area contributed by atoms with Crippen LogP contribution in [-0.4, -0.2) is 43.8 Å². The van der Waals surface area contributed by atoms with E-state index in [2.05, 4.69) is 15.8 Å². The molecule has 0 bridgehead atoms. The topological polar surface area (TPSA) is 103 Å². The van der Waals surface area contributed by atoms with Crippen LogP contribution in [0.15, 0.2) is 77.5 Å². The van der Waals surface area contributed by atoms with Crippen molar-refractivity contribution in [1.29, 1.82) is 0 Å². The molecule has 0 saturated carbocycles. The number of nitrogens with one attached hydrogen (secondary N) is 2. The first-order valence-corrected chi connectivity index (χ1v) is 12.2. The van der Waals surface area contributed by atoms with Gasteiger partial charge >= 0.3 is 0 Å². The van der Waals surface area contributed by atoms with E-state index in [0.717, 1.165) is 11.3 Å². The van der Waals surface area contributed by atoms with E-state index in [1.807, 2.05) is 78.8 Å². The lowest BCUT2D eigenvalue weighted by atomic mass is 10.1. The Morgan fingerprint density at radius 3 is 2.39 bits per heavy atom. The van der Waals surface area contributed by atoms with Gasteiger partial charge in [-0.2, -0.15) is 5.10 Å². The molecule has 3 rings (SSSR count). The van der Waals surface area contributed by atoms with Crippen LogP contribution in [0.1, 0.15) is 28.4 Å². The van der Waals surface area contributed by atoms with Crippen LogP contribution in [0, 0.1) is 3.57 Å². The summed E-state index contributed by atoms with van der Waals surface area (Å²) in [5.74, 6) is -0.632. The Morgan fingerprint density at radius 1 is 1.06 bits per heavy atom. The zero-order valence-electron chi connectivity index (χ0n) is 20.2. The first kappa shape index (κ1) is 26.7. The Labute approximate surface area is 223 Å². The molecule has 0 unspecified atom stereocenters. The highest BCUT2D eigenvalue weighted by Gasteiger charge is 2.15. The van der Waals surface area contributed by atoms with Gasteiger partial charge in [0.25, 0.3) is 11.8 Å². The number of aromatic hydroxyl groups is 1. The third-order valence-electron chi connectivity index (χ3n) is 4.98. The zero-order chi connectivity index (χ0) is 26.1. The second-order valence-electron chi connectivity index (χ2n) is 7.85. The molecule has 0 aromatic heterocycles. The van der Waals surface area contributed by atoms with Crippen LogP contribution in [0.25, 0.3) is 6.08 Å². The highest BCUT2D eigenvalue weighted by molar-refractivity contribution is 14.1. The first-order chi connectivity index (χ1) is 17.3. The number of ether oxygens (including phenoxy) is 1. The largest absolute Gasteiger partial charge is 0.504 e. The summed E-state index contributed by atoms with van der Waals surface area (Å²) in [5, 5.41) is 16.8. The van der Waals surface area contributed by atoms with Crippen LogP contribution >= 0.6 is 22.6 Å². The van der Waals surface area contributed by atoms with Gasteiger partial charge in [-0.05, 0) is 83.1 Å². The Balaban J connectivity index is 1.83. The van der Waals surface area contributed by atoms with Crippen molar-refractivity contribution in [3.8, 4) is 11.5 Å². The number of hydrogen-bond acceptors (Lipinski definition) is 6. The lowest BCUT2D eigenvalue weighted by molar-refractivity contribution is -0.117. The van der Waals surface area contributed by atoms with Crippen molar-refractivity contribution >= 4 is 52.4 Å². The third-order valence-corrected chi connectivity index (χ3v) is 5.80. The van der Waals surface area contributed by atoms with Crippen molar-refractivity contribution in [3.05, 3.63) is 92.7 Å². The number of amides is 2. The fourth-order valence-electron chi connectivity index (χ4n) is 3.14. The summed E-state index contributed by atoms with van der Waals surface area (Å²) >= 11 is 1.99. The molecule has 0 atom stereocenters. The molecule has 0 heterocycles. The number of hydrazone groups is 1. The number of phenolic OH excluding ortho intramolecular Hbond substituents is 1. The molecule has 0 aliphatic carbocycles. The molecule has 0 radical (unpaired) electrons. The van der Waals surface area contributed by atoms with Crippen molar-refractivity contribution in [1.82, 2.24) is 10.7 Å². The number of anilines is 1. The number of carbonyl (C=O) groups is 2. The highest BCUT2D eigenvalue weighted by atomic mass is 127. The average Bonchev–Trinajstić information content (AvgIpc) is 2.87. The molecule has 36 heavy (non-hydrogen) atoms. The fourth-order valence-corrected chi connectivity index (χ4v) is 3.76. The summed E-state index contributed by atoms with van der Waals surface area (Å²) < 4.78 is 6.02. The van der Waals surface area contributed by atoms with Crippen molar-refractivity contribution in [2.24, 2.45) is 5.10 Å². The van der Waals surface area contributed by atoms with E-state index in [1.165, 1.54) is 6.21 Å². The number of halogens is 1. The molecule has 0 fully saturated rings. The van der Waals surface area contributed by atoms with E-state index >= 15 is 0 Å². The summed E-state index contributed by atoms with van der Waals surface area (Å²) in [4.78, 5) is 27.7. The van der Waals surface area contributed by atoms with Crippen LogP contribution in [-0.2, 0) is 4.79 Å². The minimum absolute atomic E-state index is 0.0360. The van der Waals surface area contributed by atoms with Crippen LogP contribution in [0.5, 0.6) is 11.5 Å². The molecule has 8 nitrogen and oxygen atoms in total. The molecule has 9 heteroatoms. The molecule has 0 saturated heterocycles. The van der Waals surface area contributed by atoms with Gasteiger partial charge in [-0.25, -0.2) is 5.43 Å². The predicted octanol–water partition coefficient (Wildman–Crippen LogP) is 4.38. The van der Waals surface area contributed by atoms with Crippen molar-refractivity contribution in [2.75, 3.05) is 25.6 Å². The van der Waals surface area contributed by atoms with Crippen molar-refractivity contribution in [3.63, 3.8) is 0 Å². The van der Waals surface area contributed by atoms with E-state index in [4.69, 9.17) is 4.74 Å².